The maximum atomic E-state index is 11.9. The van der Waals surface area contributed by atoms with Gasteiger partial charge in [0.1, 0.15) is 5.82 Å². The molecule has 1 aromatic heterocycles. The number of hydrogen-bond donors (Lipinski definition) is 2. The van der Waals surface area contributed by atoms with Gasteiger partial charge in [-0.1, -0.05) is 30.3 Å². The molecule has 2 atom stereocenters. The number of likely N-dealkylation sites (tertiary alicyclic amines) is 1. The number of imidazole rings is 1. The van der Waals surface area contributed by atoms with Gasteiger partial charge in [-0.05, 0) is 38.7 Å². The molecule has 2 aliphatic heterocycles. The highest BCUT2D eigenvalue weighted by Gasteiger charge is 2.31. The average molecular weight is 454 g/mol. The van der Waals surface area contributed by atoms with E-state index in [9.17, 15) is 14.7 Å². The minimum Gasteiger partial charge on any atom is -0.465 e. The highest BCUT2D eigenvalue weighted by atomic mass is 16.4. The smallest absolute Gasteiger partial charge is 0.405 e. The predicted molar refractivity (Wildman–Crippen MR) is 126 cm³/mol. The number of benzene rings is 1. The standard InChI is InChI=1S/C25H35N5O3/c1-17(15-23(27-25(32)33)20-7-5-4-6-8-20)28-12-9-21(10-13-28)30-18(2)26-22-11-14-29(19(3)31)16-24(22)30/h4-8,17,21,23,27H,9-16H2,1-3H3,(H,32,33)/t17?,23-/m0/s1. The normalized spacial score (nSPS) is 19.1. The molecule has 2 N–H and O–H groups in total. The Hall–Kier alpha value is -2.87. The Morgan fingerprint density at radius 1 is 1.18 bits per heavy atom. The van der Waals surface area contributed by atoms with Gasteiger partial charge < -0.3 is 24.8 Å². The van der Waals surface area contributed by atoms with Gasteiger partial charge in [0.25, 0.3) is 0 Å². The molecule has 8 heteroatoms. The van der Waals surface area contributed by atoms with E-state index in [1.807, 2.05) is 35.2 Å². The SMILES string of the molecule is CC(=O)N1CCc2nc(C)n(C3CCN(C(C)C[C@H](NC(=O)O)c4ccccc4)CC3)c2C1. The quantitative estimate of drug-likeness (QED) is 0.698. The van der Waals surface area contributed by atoms with Crippen molar-refractivity contribution in [1.82, 2.24) is 24.7 Å². The van der Waals surface area contributed by atoms with Crippen LogP contribution in [0.15, 0.2) is 30.3 Å². The summed E-state index contributed by atoms with van der Waals surface area (Å²) in [7, 11) is 0. The first kappa shape index (κ1) is 23.3. The monoisotopic (exact) mass is 453 g/mol. The lowest BCUT2D eigenvalue weighted by Gasteiger charge is -2.39. The summed E-state index contributed by atoms with van der Waals surface area (Å²) in [5.41, 5.74) is 3.35. The Morgan fingerprint density at radius 3 is 2.52 bits per heavy atom. The molecule has 8 nitrogen and oxygen atoms in total. The molecule has 0 spiro atoms. The summed E-state index contributed by atoms with van der Waals surface area (Å²) in [5.74, 6) is 1.17. The molecule has 2 aliphatic rings. The van der Waals surface area contributed by atoms with E-state index in [1.165, 1.54) is 5.69 Å². The minimum absolute atomic E-state index is 0.123. The van der Waals surface area contributed by atoms with Gasteiger partial charge in [-0.15, -0.1) is 0 Å². The van der Waals surface area contributed by atoms with E-state index >= 15 is 0 Å². The van der Waals surface area contributed by atoms with Gasteiger partial charge in [0.2, 0.25) is 5.91 Å². The highest BCUT2D eigenvalue weighted by molar-refractivity contribution is 5.73. The second-order valence-corrected chi connectivity index (χ2v) is 9.38. The molecule has 1 aromatic carbocycles. The number of nitrogens with zero attached hydrogens (tertiary/aromatic N) is 4. The van der Waals surface area contributed by atoms with Gasteiger partial charge in [-0.3, -0.25) is 4.79 Å². The molecule has 0 aliphatic carbocycles. The Labute approximate surface area is 195 Å². The topological polar surface area (TPSA) is 90.7 Å². The van der Waals surface area contributed by atoms with Crippen molar-refractivity contribution in [2.45, 2.75) is 71.1 Å². The summed E-state index contributed by atoms with van der Waals surface area (Å²) in [6.07, 6.45) is 2.62. The van der Waals surface area contributed by atoms with Crippen LogP contribution in [0.1, 0.15) is 68.0 Å². The first-order valence-corrected chi connectivity index (χ1v) is 11.9. The fraction of sp³-hybridized carbons (Fsp3) is 0.560. The van der Waals surface area contributed by atoms with Crippen LogP contribution in [0.25, 0.3) is 0 Å². The average Bonchev–Trinajstić information content (AvgIpc) is 3.13. The van der Waals surface area contributed by atoms with Crippen molar-refractivity contribution in [3.8, 4) is 0 Å². The Balaban J connectivity index is 1.40. The molecule has 1 fully saturated rings. The number of aromatic nitrogens is 2. The number of nitrogens with one attached hydrogen (secondary N) is 1. The molecule has 2 amide bonds. The van der Waals surface area contributed by atoms with E-state index in [0.29, 0.717) is 12.6 Å². The molecule has 0 saturated carbocycles. The lowest BCUT2D eigenvalue weighted by atomic mass is 9.96. The molecule has 2 aromatic rings. The van der Waals surface area contributed by atoms with Crippen molar-refractivity contribution in [1.29, 1.82) is 0 Å². The number of piperidine rings is 1. The molecule has 3 heterocycles. The third-order valence-corrected chi connectivity index (χ3v) is 7.24. The zero-order valence-corrected chi connectivity index (χ0v) is 19.8. The summed E-state index contributed by atoms with van der Waals surface area (Å²) in [4.78, 5) is 32.5. The number of amides is 2. The van der Waals surface area contributed by atoms with E-state index in [4.69, 9.17) is 4.98 Å². The first-order valence-electron chi connectivity index (χ1n) is 11.9. The molecule has 178 valence electrons. The zero-order valence-electron chi connectivity index (χ0n) is 19.8. The Bertz CT molecular complexity index is 981. The molecule has 0 radical (unpaired) electrons. The molecular formula is C25H35N5O3. The molecule has 4 rings (SSSR count). The van der Waals surface area contributed by atoms with Gasteiger partial charge in [-0.2, -0.15) is 0 Å². The maximum Gasteiger partial charge on any atom is 0.405 e. The van der Waals surface area contributed by atoms with Crippen LogP contribution >= 0.6 is 0 Å². The van der Waals surface area contributed by atoms with Crippen LogP contribution < -0.4 is 5.32 Å². The number of aryl methyl sites for hydroxylation is 1. The van der Waals surface area contributed by atoms with E-state index in [0.717, 1.165) is 62.4 Å². The fourth-order valence-electron chi connectivity index (χ4n) is 5.46. The highest BCUT2D eigenvalue weighted by Crippen LogP contribution is 2.32. The van der Waals surface area contributed by atoms with Crippen LogP contribution in [-0.4, -0.2) is 62.1 Å². The van der Waals surface area contributed by atoms with Crippen molar-refractivity contribution in [3.05, 3.63) is 53.1 Å². The minimum atomic E-state index is -0.991. The fourth-order valence-corrected chi connectivity index (χ4v) is 5.46. The van der Waals surface area contributed by atoms with Gasteiger partial charge in [0.15, 0.2) is 0 Å². The summed E-state index contributed by atoms with van der Waals surface area (Å²) in [5, 5.41) is 12.0. The number of rotatable bonds is 6. The largest absolute Gasteiger partial charge is 0.465 e. The van der Waals surface area contributed by atoms with E-state index in [1.54, 1.807) is 6.92 Å². The number of hydrogen-bond acceptors (Lipinski definition) is 4. The predicted octanol–water partition coefficient (Wildman–Crippen LogP) is 3.52. The molecule has 33 heavy (non-hydrogen) atoms. The third kappa shape index (κ3) is 5.21. The van der Waals surface area contributed by atoms with E-state index in [-0.39, 0.29) is 18.0 Å². The number of fused-ring (bicyclic) bond motifs is 1. The van der Waals surface area contributed by atoms with Crippen LogP contribution in [0.3, 0.4) is 0 Å². The zero-order chi connectivity index (χ0) is 23.5. The lowest BCUT2D eigenvalue weighted by Crippen LogP contribution is -2.43. The van der Waals surface area contributed by atoms with Gasteiger partial charge in [-0.25, -0.2) is 9.78 Å². The van der Waals surface area contributed by atoms with E-state index < -0.39 is 6.09 Å². The summed E-state index contributed by atoms with van der Waals surface area (Å²) >= 11 is 0. The lowest BCUT2D eigenvalue weighted by molar-refractivity contribution is -0.129. The van der Waals surface area contributed by atoms with Crippen LogP contribution in [0.4, 0.5) is 4.79 Å². The van der Waals surface area contributed by atoms with Gasteiger partial charge in [0, 0.05) is 45.1 Å². The number of carbonyl (C=O) groups is 2. The summed E-state index contributed by atoms with van der Waals surface area (Å²) < 4.78 is 2.38. The van der Waals surface area contributed by atoms with Crippen LogP contribution in [0.2, 0.25) is 0 Å². The van der Waals surface area contributed by atoms with E-state index in [2.05, 4.69) is 28.6 Å². The van der Waals surface area contributed by atoms with Gasteiger partial charge in [0.05, 0.1) is 24.0 Å². The molecular weight excluding hydrogens is 418 g/mol. The maximum absolute atomic E-state index is 11.9. The first-order chi connectivity index (χ1) is 15.8. The van der Waals surface area contributed by atoms with Crippen molar-refractivity contribution in [3.63, 3.8) is 0 Å². The van der Waals surface area contributed by atoms with Crippen LogP contribution in [0.5, 0.6) is 0 Å². The third-order valence-electron chi connectivity index (χ3n) is 7.24. The van der Waals surface area contributed by atoms with Crippen molar-refractivity contribution < 1.29 is 14.7 Å². The summed E-state index contributed by atoms with van der Waals surface area (Å²) in [6, 6.07) is 10.2. The van der Waals surface area contributed by atoms with Crippen LogP contribution in [0, 0.1) is 6.92 Å². The van der Waals surface area contributed by atoms with Crippen molar-refractivity contribution in [2.75, 3.05) is 19.6 Å². The van der Waals surface area contributed by atoms with Crippen LogP contribution in [-0.2, 0) is 17.8 Å². The molecule has 0 bridgehead atoms. The number of carboxylic acid groups (broad SMARTS) is 1. The Kier molecular flexibility index (Phi) is 7.02. The summed E-state index contributed by atoms with van der Waals surface area (Å²) in [6.45, 7) is 9.23. The second-order valence-electron chi connectivity index (χ2n) is 9.38. The second kappa shape index (κ2) is 9.95. The van der Waals surface area contributed by atoms with Gasteiger partial charge >= 0.3 is 6.09 Å². The molecule has 1 unspecified atom stereocenters. The Morgan fingerprint density at radius 2 is 1.88 bits per heavy atom. The number of carbonyl (C=O) groups excluding carboxylic acids is 1. The van der Waals surface area contributed by atoms with Crippen molar-refractivity contribution in [2.24, 2.45) is 0 Å². The van der Waals surface area contributed by atoms with Crippen molar-refractivity contribution >= 4 is 12.0 Å². The molecule has 1 saturated heterocycles.